The first-order valence-electron chi connectivity index (χ1n) is 6.05. The first-order chi connectivity index (χ1) is 9.68. The molecule has 0 atom stereocenters. The molecule has 0 aliphatic rings. The van der Waals surface area contributed by atoms with E-state index < -0.39 is 10.0 Å². The average molecular weight is 327 g/mol. The minimum atomic E-state index is -3.81. The smallest absolute Gasteiger partial charge is 0.238 e. The number of aryl methyl sites for hydroxylation is 2. The Bertz CT molecular complexity index is 781. The number of anilines is 1. The number of primary sulfonamides is 1. The van der Waals surface area contributed by atoms with E-state index in [1.807, 2.05) is 13.8 Å². The lowest BCUT2D eigenvalue weighted by atomic mass is 10.1. The molecule has 0 amide bonds. The Balaban J connectivity index is 2.44. The predicted molar refractivity (Wildman–Crippen MR) is 83.2 cm³/mol. The zero-order valence-corrected chi connectivity index (χ0v) is 13.1. The van der Waals surface area contributed by atoms with Crippen molar-refractivity contribution in [1.82, 2.24) is 0 Å². The molecule has 21 heavy (non-hydrogen) atoms. The zero-order valence-electron chi connectivity index (χ0n) is 11.6. The van der Waals surface area contributed by atoms with Crippen LogP contribution in [0.2, 0.25) is 5.02 Å². The van der Waals surface area contributed by atoms with Crippen LogP contribution in [-0.2, 0) is 10.0 Å². The lowest BCUT2D eigenvalue weighted by Gasteiger charge is -2.12. The summed E-state index contributed by atoms with van der Waals surface area (Å²) in [5.74, 6) is 0.746. The minimum absolute atomic E-state index is 0.0610. The Labute approximate surface area is 128 Å². The van der Waals surface area contributed by atoms with Crippen LogP contribution in [0, 0.1) is 13.8 Å². The number of halogens is 1. The number of benzene rings is 2. The van der Waals surface area contributed by atoms with E-state index in [4.69, 9.17) is 27.2 Å². The molecular weight excluding hydrogens is 312 g/mol. The molecule has 7 heteroatoms. The predicted octanol–water partition coefficient (Wildman–Crippen LogP) is 2.98. The second-order valence-corrected chi connectivity index (χ2v) is 6.66. The van der Waals surface area contributed by atoms with E-state index in [0.717, 1.165) is 11.1 Å². The van der Waals surface area contributed by atoms with Gasteiger partial charge < -0.3 is 10.5 Å². The van der Waals surface area contributed by atoms with Crippen molar-refractivity contribution in [2.75, 3.05) is 5.73 Å². The van der Waals surface area contributed by atoms with E-state index in [-0.39, 0.29) is 10.6 Å². The van der Waals surface area contributed by atoms with Gasteiger partial charge in [0.25, 0.3) is 0 Å². The molecule has 0 bridgehead atoms. The highest BCUT2D eigenvalue weighted by atomic mass is 35.5. The van der Waals surface area contributed by atoms with Gasteiger partial charge in [0.2, 0.25) is 10.0 Å². The Kier molecular flexibility index (Phi) is 4.13. The van der Waals surface area contributed by atoms with Gasteiger partial charge in [0.1, 0.15) is 5.75 Å². The van der Waals surface area contributed by atoms with Gasteiger partial charge in [-0.25, -0.2) is 13.6 Å². The number of ether oxygens (including phenoxy) is 1. The first-order valence-corrected chi connectivity index (χ1v) is 7.98. The maximum atomic E-state index is 11.4. The summed E-state index contributed by atoms with van der Waals surface area (Å²) in [7, 11) is -3.81. The molecular formula is C14H15ClN2O3S. The summed E-state index contributed by atoms with van der Waals surface area (Å²) >= 11 is 6.09. The highest BCUT2D eigenvalue weighted by Gasteiger charge is 2.12. The fourth-order valence-electron chi connectivity index (χ4n) is 1.87. The molecule has 0 fully saturated rings. The molecule has 0 aliphatic heterocycles. The van der Waals surface area contributed by atoms with Crippen molar-refractivity contribution in [3.63, 3.8) is 0 Å². The van der Waals surface area contributed by atoms with Gasteiger partial charge in [-0.3, -0.25) is 0 Å². The van der Waals surface area contributed by atoms with Crippen LogP contribution < -0.4 is 15.6 Å². The minimum Gasteiger partial charge on any atom is -0.455 e. The molecule has 112 valence electrons. The van der Waals surface area contributed by atoms with Gasteiger partial charge in [-0.2, -0.15) is 0 Å². The van der Waals surface area contributed by atoms with Gasteiger partial charge in [0.05, 0.1) is 10.6 Å². The second-order valence-electron chi connectivity index (χ2n) is 4.72. The maximum Gasteiger partial charge on any atom is 0.238 e. The fraction of sp³-hybridized carbons (Fsp3) is 0.143. The third-order valence-electron chi connectivity index (χ3n) is 2.95. The summed E-state index contributed by atoms with van der Waals surface area (Å²) in [6.07, 6.45) is 0. The monoisotopic (exact) mass is 326 g/mol. The second kappa shape index (κ2) is 5.55. The molecule has 4 N–H and O–H groups in total. The zero-order chi connectivity index (χ0) is 15.8. The third-order valence-corrected chi connectivity index (χ3v) is 4.46. The highest BCUT2D eigenvalue weighted by molar-refractivity contribution is 7.89. The lowest BCUT2D eigenvalue weighted by Crippen LogP contribution is -2.12. The molecule has 0 aromatic heterocycles. The quantitative estimate of drug-likeness (QED) is 0.847. The van der Waals surface area contributed by atoms with Crippen molar-refractivity contribution in [2.45, 2.75) is 18.7 Å². The summed E-state index contributed by atoms with van der Waals surface area (Å²) in [5.41, 5.74) is 7.82. The summed E-state index contributed by atoms with van der Waals surface area (Å²) in [5, 5.41) is 5.76. The molecule has 0 aliphatic carbocycles. The van der Waals surface area contributed by atoms with Crippen molar-refractivity contribution in [1.29, 1.82) is 0 Å². The van der Waals surface area contributed by atoms with Gasteiger partial charge in [-0.1, -0.05) is 11.6 Å². The topological polar surface area (TPSA) is 95.4 Å². The van der Waals surface area contributed by atoms with Gasteiger partial charge in [-0.15, -0.1) is 0 Å². The summed E-state index contributed by atoms with van der Waals surface area (Å²) in [6.45, 7) is 3.71. The van der Waals surface area contributed by atoms with Crippen LogP contribution in [0.25, 0.3) is 0 Å². The highest BCUT2D eigenvalue weighted by Crippen LogP contribution is 2.33. The van der Waals surface area contributed by atoms with Gasteiger partial charge in [0.15, 0.2) is 5.75 Å². The molecule has 0 saturated heterocycles. The molecule has 0 spiro atoms. The number of sulfonamides is 1. The molecule has 5 nitrogen and oxygen atoms in total. The van der Waals surface area contributed by atoms with Crippen LogP contribution in [0.1, 0.15) is 11.1 Å². The Morgan fingerprint density at radius 1 is 1.10 bits per heavy atom. The summed E-state index contributed by atoms with van der Waals surface area (Å²) in [6, 6.07) is 7.56. The van der Waals surface area contributed by atoms with Crippen LogP contribution in [0.4, 0.5) is 5.69 Å². The molecule has 0 radical (unpaired) electrons. The third kappa shape index (κ3) is 3.47. The standard InChI is InChI=1S/C14H15ClN2O3S/c1-8-5-10(6-9(2)14(8)15)20-13-7-11(21(17,18)19)3-4-12(13)16/h3-7H,16H2,1-2H3,(H2,17,18,19). The van der Waals surface area contributed by atoms with E-state index in [1.54, 1.807) is 12.1 Å². The van der Waals surface area contributed by atoms with Crippen LogP contribution in [0.5, 0.6) is 11.5 Å². The van der Waals surface area contributed by atoms with Gasteiger partial charge >= 0.3 is 0 Å². The Hall–Kier alpha value is -1.76. The average Bonchev–Trinajstić information content (AvgIpc) is 2.37. The van der Waals surface area contributed by atoms with Crippen molar-refractivity contribution in [3.05, 3.63) is 46.5 Å². The normalized spacial score (nSPS) is 11.4. The van der Waals surface area contributed by atoms with Gasteiger partial charge in [0, 0.05) is 11.1 Å². The summed E-state index contributed by atoms with van der Waals surface area (Å²) < 4.78 is 28.4. The van der Waals surface area contributed by atoms with E-state index in [9.17, 15) is 8.42 Å². The van der Waals surface area contributed by atoms with Crippen molar-refractivity contribution >= 4 is 27.3 Å². The Morgan fingerprint density at radius 2 is 1.67 bits per heavy atom. The van der Waals surface area contributed by atoms with E-state index in [0.29, 0.717) is 16.5 Å². The number of hydrogen-bond donors (Lipinski definition) is 2. The van der Waals surface area contributed by atoms with Crippen LogP contribution in [0.15, 0.2) is 35.2 Å². The molecule has 2 aromatic carbocycles. The van der Waals surface area contributed by atoms with E-state index in [2.05, 4.69) is 0 Å². The largest absolute Gasteiger partial charge is 0.455 e. The summed E-state index contributed by atoms with van der Waals surface area (Å²) in [4.78, 5) is -0.0610. The first kappa shape index (κ1) is 15.6. The van der Waals surface area contributed by atoms with Crippen LogP contribution in [0.3, 0.4) is 0 Å². The molecule has 2 aromatic rings. The van der Waals surface area contributed by atoms with E-state index >= 15 is 0 Å². The molecule has 2 rings (SSSR count). The SMILES string of the molecule is Cc1cc(Oc2cc(S(N)(=O)=O)ccc2N)cc(C)c1Cl. The van der Waals surface area contributed by atoms with Crippen molar-refractivity contribution < 1.29 is 13.2 Å². The molecule has 0 unspecified atom stereocenters. The number of nitrogen functional groups attached to an aromatic ring is 1. The number of nitrogens with two attached hydrogens (primary N) is 2. The Morgan fingerprint density at radius 3 is 2.19 bits per heavy atom. The van der Waals surface area contributed by atoms with Gasteiger partial charge in [-0.05, 0) is 49.2 Å². The lowest BCUT2D eigenvalue weighted by molar-refractivity contribution is 0.482. The maximum absolute atomic E-state index is 11.4. The number of hydrogen-bond acceptors (Lipinski definition) is 4. The van der Waals surface area contributed by atoms with E-state index in [1.165, 1.54) is 18.2 Å². The molecule has 0 heterocycles. The fourth-order valence-corrected chi connectivity index (χ4v) is 2.51. The number of rotatable bonds is 3. The molecule has 0 saturated carbocycles. The van der Waals surface area contributed by atoms with Crippen LogP contribution >= 0.6 is 11.6 Å². The van der Waals surface area contributed by atoms with Crippen molar-refractivity contribution in [3.8, 4) is 11.5 Å². The van der Waals surface area contributed by atoms with Crippen LogP contribution in [-0.4, -0.2) is 8.42 Å². The van der Waals surface area contributed by atoms with Crippen molar-refractivity contribution in [2.24, 2.45) is 5.14 Å².